The average molecular weight is 203 g/mol. The van der Waals surface area contributed by atoms with Gasteiger partial charge in [-0.05, 0) is 6.42 Å². The predicted molar refractivity (Wildman–Crippen MR) is 55.8 cm³/mol. The SMILES string of the molecule is CCCCCCSC(=O)NC(C)=O. The van der Waals surface area contributed by atoms with Gasteiger partial charge in [0, 0.05) is 12.7 Å². The van der Waals surface area contributed by atoms with E-state index in [1.54, 1.807) is 0 Å². The van der Waals surface area contributed by atoms with Gasteiger partial charge in [-0.3, -0.25) is 14.9 Å². The molecule has 0 aromatic rings. The van der Waals surface area contributed by atoms with Gasteiger partial charge in [-0.15, -0.1) is 0 Å². The molecule has 0 aliphatic carbocycles. The molecule has 0 aromatic heterocycles. The Morgan fingerprint density at radius 1 is 1.23 bits per heavy atom. The van der Waals surface area contributed by atoms with Crippen molar-refractivity contribution in [2.24, 2.45) is 0 Å². The number of hydrogen-bond acceptors (Lipinski definition) is 3. The Hall–Kier alpha value is -0.510. The first-order valence-electron chi connectivity index (χ1n) is 4.61. The third kappa shape index (κ3) is 9.40. The standard InChI is InChI=1S/C9H17NO2S/c1-3-4-5-6-7-13-9(12)10-8(2)11/h3-7H2,1-2H3,(H,10,11,12). The first-order chi connectivity index (χ1) is 6.16. The second kappa shape index (κ2) is 8.10. The summed E-state index contributed by atoms with van der Waals surface area (Å²) in [6.45, 7) is 3.49. The second-order valence-electron chi connectivity index (χ2n) is 2.88. The summed E-state index contributed by atoms with van der Waals surface area (Å²) in [5.41, 5.74) is 0. The summed E-state index contributed by atoms with van der Waals surface area (Å²) in [4.78, 5) is 21.4. The molecule has 0 aromatic carbocycles. The van der Waals surface area contributed by atoms with Crippen LogP contribution in [0.25, 0.3) is 0 Å². The number of unbranched alkanes of at least 4 members (excludes halogenated alkanes) is 3. The van der Waals surface area contributed by atoms with Crippen LogP contribution in [0.1, 0.15) is 39.5 Å². The number of carbonyl (C=O) groups is 2. The van der Waals surface area contributed by atoms with E-state index < -0.39 is 0 Å². The van der Waals surface area contributed by atoms with Crippen molar-refractivity contribution in [1.29, 1.82) is 0 Å². The van der Waals surface area contributed by atoms with Crippen molar-refractivity contribution in [3.05, 3.63) is 0 Å². The van der Waals surface area contributed by atoms with E-state index in [1.807, 2.05) is 0 Å². The van der Waals surface area contributed by atoms with E-state index in [0.717, 1.165) is 18.6 Å². The van der Waals surface area contributed by atoms with Crippen LogP contribution >= 0.6 is 11.8 Å². The molecule has 1 N–H and O–H groups in total. The van der Waals surface area contributed by atoms with Crippen molar-refractivity contribution >= 4 is 22.9 Å². The maximum Gasteiger partial charge on any atom is 0.285 e. The molecule has 0 spiro atoms. The fourth-order valence-electron chi connectivity index (χ4n) is 0.874. The highest BCUT2D eigenvalue weighted by molar-refractivity contribution is 8.13. The van der Waals surface area contributed by atoms with Crippen LogP contribution in [0.3, 0.4) is 0 Å². The third-order valence-corrected chi connectivity index (χ3v) is 2.37. The molecule has 0 atom stereocenters. The Morgan fingerprint density at radius 3 is 2.46 bits per heavy atom. The third-order valence-electron chi connectivity index (χ3n) is 1.51. The number of nitrogens with one attached hydrogen (secondary N) is 1. The summed E-state index contributed by atoms with van der Waals surface area (Å²) < 4.78 is 0. The fourth-order valence-corrected chi connectivity index (χ4v) is 1.62. The molecule has 0 heterocycles. The minimum Gasteiger partial charge on any atom is -0.287 e. The van der Waals surface area contributed by atoms with E-state index in [0.29, 0.717) is 0 Å². The lowest BCUT2D eigenvalue weighted by molar-refractivity contribution is -0.117. The van der Waals surface area contributed by atoms with E-state index in [9.17, 15) is 9.59 Å². The highest BCUT2D eigenvalue weighted by Gasteiger charge is 2.02. The lowest BCUT2D eigenvalue weighted by atomic mass is 10.2. The van der Waals surface area contributed by atoms with Crippen LogP contribution in [0.15, 0.2) is 0 Å². The molecule has 0 aliphatic heterocycles. The Kier molecular flexibility index (Phi) is 7.79. The van der Waals surface area contributed by atoms with E-state index in [1.165, 1.54) is 31.5 Å². The monoisotopic (exact) mass is 203 g/mol. The van der Waals surface area contributed by atoms with E-state index >= 15 is 0 Å². The van der Waals surface area contributed by atoms with Crippen LogP contribution in [0, 0.1) is 0 Å². The van der Waals surface area contributed by atoms with Crippen LogP contribution in [-0.2, 0) is 4.79 Å². The van der Waals surface area contributed by atoms with Crippen LogP contribution in [0.5, 0.6) is 0 Å². The zero-order valence-electron chi connectivity index (χ0n) is 8.26. The second-order valence-corrected chi connectivity index (χ2v) is 3.95. The van der Waals surface area contributed by atoms with Crippen molar-refractivity contribution in [3.63, 3.8) is 0 Å². The molecule has 0 rings (SSSR count). The molecule has 4 heteroatoms. The molecule has 0 saturated heterocycles. The van der Waals surface area contributed by atoms with Gasteiger partial charge < -0.3 is 0 Å². The fraction of sp³-hybridized carbons (Fsp3) is 0.778. The molecule has 0 fully saturated rings. The molecule has 0 bridgehead atoms. The van der Waals surface area contributed by atoms with Gasteiger partial charge in [-0.2, -0.15) is 0 Å². The minimum atomic E-state index is -0.286. The van der Waals surface area contributed by atoms with Crippen LogP contribution in [-0.4, -0.2) is 16.9 Å². The zero-order valence-corrected chi connectivity index (χ0v) is 9.08. The number of amides is 2. The maximum absolute atomic E-state index is 10.9. The van der Waals surface area contributed by atoms with Crippen LogP contribution in [0.4, 0.5) is 4.79 Å². The largest absolute Gasteiger partial charge is 0.287 e. The summed E-state index contributed by atoms with van der Waals surface area (Å²) in [5, 5.41) is 1.99. The van der Waals surface area contributed by atoms with Gasteiger partial charge in [0.1, 0.15) is 0 Å². The molecule has 0 radical (unpaired) electrons. The predicted octanol–water partition coefficient (Wildman–Crippen LogP) is 2.56. The lowest BCUT2D eigenvalue weighted by Crippen LogP contribution is -2.24. The summed E-state index contributed by atoms with van der Waals surface area (Å²) in [6.07, 6.45) is 4.62. The quantitative estimate of drug-likeness (QED) is 0.698. The molecule has 0 unspecified atom stereocenters. The first kappa shape index (κ1) is 12.5. The normalized spacial score (nSPS) is 9.69. The van der Waals surface area contributed by atoms with Crippen LogP contribution in [0.2, 0.25) is 0 Å². The highest BCUT2D eigenvalue weighted by atomic mass is 32.2. The number of hydrogen-bond donors (Lipinski definition) is 1. The number of rotatable bonds is 5. The molecule has 76 valence electrons. The van der Waals surface area contributed by atoms with Crippen molar-refractivity contribution in [3.8, 4) is 0 Å². The van der Waals surface area contributed by atoms with Gasteiger partial charge >= 0.3 is 0 Å². The number of carbonyl (C=O) groups excluding carboxylic acids is 2. The Morgan fingerprint density at radius 2 is 1.92 bits per heavy atom. The van der Waals surface area contributed by atoms with Gasteiger partial charge in [0.05, 0.1) is 0 Å². The summed E-state index contributed by atoms with van der Waals surface area (Å²) in [7, 11) is 0. The van der Waals surface area contributed by atoms with Crippen molar-refractivity contribution < 1.29 is 9.59 Å². The number of thioether (sulfide) groups is 1. The highest BCUT2D eigenvalue weighted by Crippen LogP contribution is 2.07. The smallest absolute Gasteiger partial charge is 0.285 e. The summed E-state index contributed by atoms with van der Waals surface area (Å²) in [6, 6.07) is 0. The molecule has 3 nitrogen and oxygen atoms in total. The average Bonchev–Trinajstić information content (AvgIpc) is 2.02. The molecule has 0 aliphatic rings. The molecular weight excluding hydrogens is 186 g/mol. The molecule has 0 saturated carbocycles. The van der Waals surface area contributed by atoms with Crippen LogP contribution < -0.4 is 5.32 Å². The summed E-state index contributed by atoms with van der Waals surface area (Å²) >= 11 is 1.18. The maximum atomic E-state index is 10.9. The van der Waals surface area contributed by atoms with E-state index in [2.05, 4.69) is 12.2 Å². The molecule has 2 amide bonds. The van der Waals surface area contributed by atoms with E-state index in [4.69, 9.17) is 0 Å². The number of imide groups is 1. The first-order valence-corrected chi connectivity index (χ1v) is 5.59. The van der Waals surface area contributed by atoms with Crippen molar-refractivity contribution in [1.82, 2.24) is 5.32 Å². The van der Waals surface area contributed by atoms with Gasteiger partial charge in [0.2, 0.25) is 5.91 Å². The Bertz CT molecular complexity index is 171. The van der Waals surface area contributed by atoms with Gasteiger partial charge in [-0.25, -0.2) is 0 Å². The lowest BCUT2D eigenvalue weighted by Gasteiger charge is -2.00. The van der Waals surface area contributed by atoms with Crippen molar-refractivity contribution in [2.45, 2.75) is 39.5 Å². The Balaban J connectivity index is 3.22. The molecular formula is C9H17NO2S. The van der Waals surface area contributed by atoms with Gasteiger partial charge in [0.15, 0.2) is 0 Å². The van der Waals surface area contributed by atoms with Gasteiger partial charge in [-0.1, -0.05) is 37.9 Å². The molecule has 13 heavy (non-hydrogen) atoms. The van der Waals surface area contributed by atoms with E-state index in [-0.39, 0.29) is 11.1 Å². The Labute approximate surface area is 83.7 Å². The van der Waals surface area contributed by atoms with Crippen molar-refractivity contribution in [2.75, 3.05) is 5.75 Å². The topological polar surface area (TPSA) is 46.2 Å². The minimum absolute atomic E-state index is 0.232. The summed E-state index contributed by atoms with van der Waals surface area (Å²) in [5.74, 6) is 0.519. The zero-order chi connectivity index (χ0) is 10.1. The van der Waals surface area contributed by atoms with Gasteiger partial charge in [0.25, 0.3) is 5.24 Å².